The Kier molecular flexibility index (Phi) is 5.78. The lowest BCUT2D eigenvalue weighted by Crippen LogP contribution is -2.26. The molecule has 6 nitrogen and oxygen atoms in total. The highest BCUT2D eigenvalue weighted by Gasteiger charge is 2.21. The lowest BCUT2D eigenvalue weighted by atomic mass is 10.1. The molecule has 2 heterocycles. The zero-order chi connectivity index (χ0) is 18.7. The van der Waals surface area contributed by atoms with Crippen molar-refractivity contribution < 1.29 is 4.79 Å². The Bertz CT molecular complexity index is 903. The summed E-state index contributed by atoms with van der Waals surface area (Å²) in [5.74, 6) is 0.298. The van der Waals surface area contributed by atoms with Crippen LogP contribution >= 0.6 is 27.5 Å². The van der Waals surface area contributed by atoms with Gasteiger partial charge in [0.05, 0.1) is 22.2 Å². The first-order valence-corrected chi connectivity index (χ1v) is 9.42. The average molecular weight is 437 g/mol. The van der Waals surface area contributed by atoms with Gasteiger partial charge in [0.25, 0.3) is 0 Å². The zero-order valence-electron chi connectivity index (χ0n) is 14.5. The van der Waals surface area contributed by atoms with Crippen molar-refractivity contribution >= 4 is 39.3 Å². The van der Waals surface area contributed by atoms with Crippen LogP contribution in [0.1, 0.15) is 30.5 Å². The molecule has 1 atom stereocenters. The third-order valence-corrected chi connectivity index (χ3v) is 4.78. The molecule has 1 amide bonds. The van der Waals surface area contributed by atoms with Crippen molar-refractivity contribution in [3.63, 3.8) is 0 Å². The second-order valence-electron chi connectivity index (χ2n) is 6.06. The normalized spacial score (nSPS) is 12.2. The molecule has 0 radical (unpaired) electrons. The first kappa shape index (κ1) is 18.7. The van der Waals surface area contributed by atoms with E-state index in [-0.39, 0.29) is 5.91 Å². The van der Waals surface area contributed by atoms with E-state index in [1.54, 1.807) is 15.6 Å². The minimum atomic E-state index is -0.448. The van der Waals surface area contributed by atoms with Crippen molar-refractivity contribution in [1.82, 2.24) is 19.6 Å². The van der Waals surface area contributed by atoms with E-state index < -0.39 is 6.04 Å². The van der Waals surface area contributed by atoms with E-state index in [4.69, 9.17) is 11.6 Å². The molecule has 0 saturated heterocycles. The molecule has 2 aromatic heterocycles. The van der Waals surface area contributed by atoms with Crippen LogP contribution in [0.5, 0.6) is 0 Å². The summed E-state index contributed by atoms with van der Waals surface area (Å²) in [4.78, 5) is 12.6. The number of halogens is 2. The maximum Gasteiger partial charge on any atom is 0.250 e. The maximum atomic E-state index is 12.6. The van der Waals surface area contributed by atoms with Gasteiger partial charge in [0.15, 0.2) is 5.82 Å². The molecule has 1 N–H and O–H groups in total. The van der Waals surface area contributed by atoms with E-state index >= 15 is 0 Å². The van der Waals surface area contributed by atoms with Crippen molar-refractivity contribution in [3.8, 4) is 0 Å². The minimum Gasteiger partial charge on any atom is -0.306 e. The number of hydrogen-bond donors (Lipinski definition) is 1. The number of aryl methyl sites for hydroxylation is 1. The molecule has 0 aliphatic carbocycles. The lowest BCUT2D eigenvalue weighted by molar-refractivity contribution is -0.119. The summed E-state index contributed by atoms with van der Waals surface area (Å²) in [6.45, 7) is 4.60. The summed E-state index contributed by atoms with van der Waals surface area (Å²) >= 11 is 9.36. The first-order chi connectivity index (χ1) is 12.5. The molecule has 136 valence electrons. The van der Waals surface area contributed by atoms with Crippen molar-refractivity contribution in [3.05, 3.63) is 63.5 Å². The number of nitrogens with one attached hydrogen (secondary N) is 1. The second-order valence-corrected chi connectivity index (χ2v) is 7.35. The van der Waals surface area contributed by atoms with E-state index in [2.05, 4.69) is 62.6 Å². The van der Waals surface area contributed by atoms with Gasteiger partial charge in [0.1, 0.15) is 6.04 Å². The Balaban J connectivity index is 1.72. The molecular weight excluding hydrogens is 418 g/mol. The minimum absolute atomic E-state index is 0.187. The van der Waals surface area contributed by atoms with Gasteiger partial charge < -0.3 is 5.32 Å². The summed E-state index contributed by atoms with van der Waals surface area (Å²) in [6.07, 6.45) is 5.59. The van der Waals surface area contributed by atoms with E-state index in [1.807, 2.05) is 13.1 Å². The standard InChI is InChI=1S/C18H19BrClN5O/c1-3-16(25-10-14(20)8-21-25)18(26)22-17-15(19)11-24(23-17)9-13-6-4-12(2)5-7-13/h4-8,10-11,16H,3,9H2,1-2H3,(H,22,23,26). The topological polar surface area (TPSA) is 64.7 Å². The SMILES string of the molecule is CCC(C(=O)Nc1nn(Cc2ccc(C)cc2)cc1Br)n1cc(Cl)cn1. The number of carbonyl (C=O) groups is 1. The van der Waals surface area contributed by atoms with Gasteiger partial charge in [-0.05, 0) is 34.8 Å². The van der Waals surface area contributed by atoms with E-state index in [0.29, 0.717) is 23.8 Å². The number of anilines is 1. The highest BCUT2D eigenvalue weighted by atomic mass is 79.9. The number of hydrogen-bond acceptors (Lipinski definition) is 3. The molecule has 0 saturated carbocycles. The van der Waals surface area contributed by atoms with Gasteiger partial charge in [0.2, 0.25) is 5.91 Å². The predicted octanol–water partition coefficient (Wildman–Crippen LogP) is 4.44. The summed E-state index contributed by atoms with van der Waals surface area (Å²) in [5.41, 5.74) is 2.36. The van der Waals surface area contributed by atoms with Gasteiger partial charge in [-0.15, -0.1) is 0 Å². The Labute approximate surface area is 165 Å². The Morgan fingerprint density at radius 2 is 2.04 bits per heavy atom. The average Bonchev–Trinajstić information content (AvgIpc) is 3.17. The number of aromatic nitrogens is 4. The Morgan fingerprint density at radius 3 is 2.65 bits per heavy atom. The summed E-state index contributed by atoms with van der Waals surface area (Å²) in [7, 11) is 0. The number of amides is 1. The maximum absolute atomic E-state index is 12.6. The largest absolute Gasteiger partial charge is 0.306 e. The molecule has 0 spiro atoms. The first-order valence-electron chi connectivity index (χ1n) is 8.25. The molecule has 3 aromatic rings. The molecule has 1 unspecified atom stereocenters. The number of carbonyl (C=O) groups excluding carboxylic acids is 1. The van der Waals surface area contributed by atoms with Crippen LogP contribution in [0.3, 0.4) is 0 Å². The van der Waals surface area contributed by atoms with Gasteiger partial charge in [0, 0.05) is 12.4 Å². The van der Waals surface area contributed by atoms with E-state index in [9.17, 15) is 4.79 Å². The monoisotopic (exact) mass is 435 g/mol. The zero-order valence-corrected chi connectivity index (χ0v) is 16.8. The third-order valence-electron chi connectivity index (χ3n) is 4.00. The fourth-order valence-corrected chi connectivity index (χ4v) is 3.18. The molecular formula is C18H19BrClN5O. The van der Waals surface area contributed by atoms with Gasteiger partial charge in [-0.1, -0.05) is 48.4 Å². The molecule has 0 fully saturated rings. The molecule has 0 aliphatic rings. The summed E-state index contributed by atoms with van der Waals surface area (Å²) < 4.78 is 4.08. The van der Waals surface area contributed by atoms with Gasteiger partial charge in [-0.3, -0.25) is 14.2 Å². The molecule has 3 rings (SSSR count). The van der Waals surface area contributed by atoms with Crippen LogP contribution in [0.15, 0.2) is 47.3 Å². The van der Waals surface area contributed by atoms with Crippen molar-refractivity contribution in [1.29, 1.82) is 0 Å². The van der Waals surface area contributed by atoms with Crippen molar-refractivity contribution in [2.24, 2.45) is 0 Å². The molecule has 8 heteroatoms. The van der Waals surface area contributed by atoms with Crippen LogP contribution in [-0.4, -0.2) is 25.5 Å². The highest BCUT2D eigenvalue weighted by Crippen LogP contribution is 2.23. The third kappa shape index (κ3) is 4.34. The van der Waals surface area contributed by atoms with Gasteiger partial charge in [-0.25, -0.2) is 0 Å². The van der Waals surface area contributed by atoms with Crippen LogP contribution in [0, 0.1) is 6.92 Å². The van der Waals surface area contributed by atoms with Crippen molar-refractivity contribution in [2.45, 2.75) is 32.9 Å². The highest BCUT2D eigenvalue weighted by molar-refractivity contribution is 9.10. The summed E-state index contributed by atoms with van der Waals surface area (Å²) in [5, 5.41) is 12.0. The molecule has 0 aliphatic heterocycles. The number of nitrogens with zero attached hydrogens (tertiary/aromatic N) is 4. The van der Waals surface area contributed by atoms with Crippen LogP contribution in [0.2, 0.25) is 5.02 Å². The van der Waals surface area contributed by atoms with Gasteiger partial charge >= 0.3 is 0 Å². The van der Waals surface area contributed by atoms with Crippen LogP contribution in [0.4, 0.5) is 5.82 Å². The van der Waals surface area contributed by atoms with E-state index in [0.717, 1.165) is 10.0 Å². The van der Waals surface area contributed by atoms with Crippen LogP contribution < -0.4 is 5.32 Å². The lowest BCUT2D eigenvalue weighted by Gasteiger charge is -2.14. The van der Waals surface area contributed by atoms with Crippen LogP contribution in [0.25, 0.3) is 0 Å². The molecule has 1 aromatic carbocycles. The summed E-state index contributed by atoms with van der Waals surface area (Å²) in [6, 6.07) is 7.82. The molecule has 0 bridgehead atoms. The smallest absolute Gasteiger partial charge is 0.250 e. The Hall–Kier alpha value is -2.12. The quantitative estimate of drug-likeness (QED) is 0.621. The Morgan fingerprint density at radius 1 is 1.31 bits per heavy atom. The van der Waals surface area contributed by atoms with E-state index in [1.165, 1.54) is 11.8 Å². The number of benzene rings is 1. The fourth-order valence-electron chi connectivity index (χ4n) is 2.62. The number of rotatable bonds is 6. The fraction of sp³-hybridized carbons (Fsp3) is 0.278. The van der Waals surface area contributed by atoms with Gasteiger partial charge in [-0.2, -0.15) is 10.2 Å². The van der Waals surface area contributed by atoms with Crippen LogP contribution in [-0.2, 0) is 11.3 Å². The van der Waals surface area contributed by atoms with Crippen molar-refractivity contribution in [2.75, 3.05) is 5.32 Å². The predicted molar refractivity (Wildman–Crippen MR) is 105 cm³/mol. The molecule has 26 heavy (non-hydrogen) atoms. The second kappa shape index (κ2) is 8.05.